The molecule has 0 spiro atoms. The fourth-order valence-electron chi connectivity index (χ4n) is 2.89. The minimum Gasteiger partial charge on any atom is -0.497 e. The molecule has 0 amide bonds. The molecule has 1 aromatic carbocycles. The van der Waals surface area contributed by atoms with Gasteiger partial charge in [-0.1, -0.05) is 12.1 Å². The van der Waals surface area contributed by atoms with Gasteiger partial charge in [0.2, 0.25) is 5.95 Å². The lowest BCUT2D eigenvalue weighted by molar-refractivity contribution is -0.142. The Labute approximate surface area is 146 Å². The van der Waals surface area contributed by atoms with Crippen molar-refractivity contribution in [1.82, 2.24) is 9.97 Å². The summed E-state index contributed by atoms with van der Waals surface area (Å²) >= 11 is 0. The van der Waals surface area contributed by atoms with Crippen LogP contribution in [-0.4, -0.2) is 41.2 Å². The Morgan fingerprint density at radius 1 is 1.28 bits per heavy atom. The van der Waals surface area contributed by atoms with Crippen LogP contribution in [0.25, 0.3) is 0 Å². The van der Waals surface area contributed by atoms with Gasteiger partial charge in [0.25, 0.3) is 0 Å². The topological polar surface area (TPSA) is 87.6 Å². The molecular formula is C18H22N4O3. The van der Waals surface area contributed by atoms with E-state index in [1.807, 2.05) is 30.3 Å². The number of carboxylic acids is 1. The first-order valence-electron chi connectivity index (χ1n) is 8.33. The molecule has 0 bridgehead atoms. The summed E-state index contributed by atoms with van der Waals surface area (Å²) in [5.41, 5.74) is 1.11. The number of aromatic nitrogens is 2. The standard InChI is InChI=1S/C18H22N4O3/c1-25-15-4-2-13(3-5-15)12-20-18-19-9-6-16(21-18)22-10-7-14(8-11-22)17(23)24/h2-6,9,14H,7-8,10-12H2,1H3,(H,23,24)(H,19,20,21). The van der Waals surface area contributed by atoms with Crippen molar-refractivity contribution in [2.75, 3.05) is 30.4 Å². The summed E-state index contributed by atoms with van der Waals surface area (Å²) in [4.78, 5) is 22.0. The average molecular weight is 342 g/mol. The number of carbonyl (C=O) groups is 1. The van der Waals surface area contributed by atoms with Crippen LogP contribution in [0, 0.1) is 5.92 Å². The highest BCUT2D eigenvalue weighted by Gasteiger charge is 2.25. The van der Waals surface area contributed by atoms with Crippen molar-refractivity contribution >= 4 is 17.7 Å². The Balaban J connectivity index is 1.58. The number of ether oxygens (including phenoxy) is 1. The summed E-state index contributed by atoms with van der Waals surface area (Å²) in [6, 6.07) is 9.68. The molecule has 0 atom stereocenters. The lowest BCUT2D eigenvalue weighted by Gasteiger charge is -2.31. The van der Waals surface area contributed by atoms with Crippen LogP contribution >= 0.6 is 0 Å². The average Bonchev–Trinajstić information content (AvgIpc) is 2.67. The van der Waals surface area contributed by atoms with Crippen LogP contribution in [0.3, 0.4) is 0 Å². The van der Waals surface area contributed by atoms with Crippen LogP contribution in [0.4, 0.5) is 11.8 Å². The van der Waals surface area contributed by atoms with E-state index in [0.29, 0.717) is 38.4 Å². The van der Waals surface area contributed by atoms with Gasteiger partial charge in [-0.05, 0) is 36.6 Å². The number of hydrogen-bond acceptors (Lipinski definition) is 6. The second-order valence-electron chi connectivity index (χ2n) is 6.04. The molecule has 7 heteroatoms. The molecule has 1 aliphatic rings. The number of nitrogens with one attached hydrogen (secondary N) is 1. The van der Waals surface area contributed by atoms with E-state index in [4.69, 9.17) is 9.84 Å². The van der Waals surface area contributed by atoms with Crippen molar-refractivity contribution in [1.29, 1.82) is 0 Å². The van der Waals surface area contributed by atoms with Gasteiger partial charge in [-0.25, -0.2) is 4.98 Å². The highest BCUT2D eigenvalue weighted by molar-refractivity contribution is 5.70. The van der Waals surface area contributed by atoms with Crippen LogP contribution in [0.2, 0.25) is 0 Å². The molecule has 2 heterocycles. The number of aliphatic carboxylic acids is 1. The van der Waals surface area contributed by atoms with Crippen LogP contribution in [0.1, 0.15) is 18.4 Å². The van der Waals surface area contributed by atoms with Crippen molar-refractivity contribution in [3.05, 3.63) is 42.1 Å². The predicted molar refractivity (Wildman–Crippen MR) is 94.9 cm³/mol. The molecule has 0 unspecified atom stereocenters. The minimum absolute atomic E-state index is 0.245. The van der Waals surface area contributed by atoms with E-state index in [1.165, 1.54) is 0 Å². The van der Waals surface area contributed by atoms with E-state index < -0.39 is 5.97 Å². The molecule has 1 fully saturated rings. The Bertz CT molecular complexity index is 713. The zero-order chi connectivity index (χ0) is 17.6. The number of benzene rings is 1. The number of anilines is 2. The summed E-state index contributed by atoms with van der Waals surface area (Å²) in [6.45, 7) is 2.02. The summed E-state index contributed by atoms with van der Waals surface area (Å²) in [5.74, 6) is 1.27. The number of rotatable bonds is 6. The maximum Gasteiger partial charge on any atom is 0.306 e. The molecular weight excluding hydrogens is 320 g/mol. The number of methoxy groups -OCH3 is 1. The molecule has 0 saturated carbocycles. The number of nitrogens with zero attached hydrogens (tertiary/aromatic N) is 3. The zero-order valence-corrected chi connectivity index (χ0v) is 14.2. The summed E-state index contributed by atoms with van der Waals surface area (Å²) in [6.07, 6.45) is 3.02. The summed E-state index contributed by atoms with van der Waals surface area (Å²) in [5, 5.41) is 12.3. The fourth-order valence-corrected chi connectivity index (χ4v) is 2.89. The van der Waals surface area contributed by atoms with Gasteiger partial charge in [-0.3, -0.25) is 4.79 Å². The van der Waals surface area contributed by atoms with Gasteiger partial charge in [0.05, 0.1) is 13.0 Å². The van der Waals surface area contributed by atoms with Crippen molar-refractivity contribution in [3.8, 4) is 5.75 Å². The third-order valence-corrected chi connectivity index (χ3v) is 4.42. The first-order chi connectivity index (χ1) is 12.2. The highest BCUT2D eigenvalue weighted by Crippen LogP contribution is 2.22. The molecule has 2 aromatic rings. The smallest absolute Gasteiger partial charge is 0.306 e. The van der Waals surface area contributed by atoms with E-state index in [-0.39, 0.29) is 5.92 Å². The van der Waals surface area contributed by atoms with Crippen LogP contribution < -0.4 is 15.0 Å². The van der Waals surface area contributed by atoms with E-state index >= 15 is 0 Å². The highest BCUT2D eigenvalue weighted by atomic mass is 16.5. The van der Waals surface area contributed by atoms with Crippen LogP contribution in [0.15, 0.2) is 36.5 Å². The van der Waals surface area contributed by atoms with E-state index in [0.717, 1.165) is 17.1 Å². The van der Waals surface area contributed by atoms with Crippen molar-refractivity contribution in [2.45, 2.75) is 19.4 Å². The maximum absolute atomic E-state index is 11.0. The molecule has 7 nitrogen and oxygen atoms in total. The summed E-state index contributed by atoms with van der Waals surface area (Å²) in [7, 11) is 1.64. The normalized spacial score (nSPS) is 15.0. The van der Waals surface area contributed by atoms with Gasteiger partial charge in [0.1, 0.15) is 11.6 Å². The lowest BCUT2D eigenvalue weighted by Crippen LogP contribution is -2.36. The fraction of sp³-hybridized carbons (Fsp3) is 0.389. The number of carboxylic acid groups (broad SMARTS) is 1. The first-order valence-corrected chi connectivity index (χ1v) is 8.33. The second-order valence-corrected chi connectivity index (χ2v) is 6.04. The molecule has 1 saturated heterocycles. The molecule has 0 aliphatic carbocycles. The van der Waals surface area contributed by atoms with Gasteiger partial charge >= 0.3 is 5.97 Å². The van der Waals surface area contributed by atoms with E-state index in [2.05, 4.69) is 20.2 Å². The number of hydrogen-bond donors (Lipinski definition) is 2. The van der Waals surface area contributed by atoms with Crippen molar-refractivity contribution in [3.63, 3.8) is 0 Å². The molecule has 25 heavy (non-hydrogen) atoms. The molecule has 3 rings (SSSR count). The SMILES string of the molecule is COc1ccc(CNc2nccc(N3CCC(C(=O)O)CC3)n2)cc1. The Morgan fingerprint density at radius 3 is 2.64 bits per heavy atom. The predicted octanol–water partition coefficient (Wildman–Crippen LogP) is 2.40. The van der Waals surface area contributed by atoms with E-state index in [9.17, 15) is 4.79 Å². The molecule has 1 aromatic heterocycles. The van der Waals surface area contributed by atoms with Crippen molar-refractivity contribution in [2.24, 2.45) is 5.92 Å². The van der Waals surface area contributed by atoms with Gasteiger partial charge in [-0.2, -0.15) is 4.98 Å². The minimum atomic E-state index is -0.704. The molecule has 1 aliphatic heterocycles. The monoisotopic (exact) mass is 342 g/mol. The largest absolute Gasteiger partial charge is 0.497 e. The van der Waals surface area contributed by atoms with Gasteiger partial charge in [0, 0.05) is 25.8 Å². The third-order valence-electron chi connectivity index (χ3n) is 4.42. The molecule has 2 N–H and O–H groups in total. The second kappa shape index (κ2) is 7.83. The van der Waals surface area contributed by atoms with E-state index in [1.54, 1.807) is 13.3 Å². The summed E-state index contributed by atoms with van der Waals surface area (Å²) < 4.78 is 5.15. The third kappa shape index (κ3) is 4.37. The van der Waals surface area contributed by atoms with Crippen LogP contribution in [-0.2, 0) is 11.3 Å². The molecule has 132 valence electrons. The van der Waals surface area contributed by atoms with Gasteiger partial charge < -0.3 is 20.1 Å². The maximum atomic E-state index is 11.0. The Morgan fingerprint density at radius 2 is 2.00 bits per heavy atom. The lowest BCUT2D eigenvalue weighted by atomic mass is 9.97. The van der Waals surface area contributed by atoms with Gasteiger partial charge in [-0.15, -0.1) is 0 Å². The Hall–Kier alpha value is -2.83. The van der Waals surface area contributed by atoms with Gasteiger partial charge in [0.15, 0.2) is 0 Å². The van der Waals surface area contributed by atoms with Crippen LogP contribution in [0.5, 0.6) is 5.75 Å². The number of piperidine rings is 1. The molecule has 0 radical (unpaired) electrons. The first kappa shape index (κ1) is 17.0. The van der Waals surface area contributed by atoms with Crippen molar-refractivity contribution < 1.29 is 14.6 Å². The quantitative estimate of drug-likeness (QED) is 0.833. The zero-order valence-electron chi connectivity index (χ0n) is 14.2. The Kier molecular flexibility index (Phi) is 5.33.